The van der Waals surface area contributed by atoms with Gasteiger partial charge in [0, 0.05) is 27.9 Å². The molecular weight excluding hydrogens is 671 g/mol. The van der Waals surface area contributed by atoms with Gasteiger partial charge < -0.3 is 19.9 Å². The van der Waals surface area contributed by atoms with Gasteiger partial charge in [-0.25, -0.2) is 16.8 Å². The van der Waals surface area contributed by atoms with Crippen molar-refractivity contribution < 1.29 is 100 Å². The third-order valence-electron chi connectivity index (χ3n) is 6.09. The number of anilines is 1. The maximum atomic E-state index is 11.7. The zero-order chi connectivity index (χ0) is 33.1. The van der Waals surface area contributed by atoms with E-state index in [1.165, 1.54) is 18.2 Å². The van der Waals surface area contributed by atoms with Gasteiger partial charge in [0.2, 0.25) is 0 Å². The van der Waals surface area contributed by atoms with E-state index in [0.717, 1.165) is 29.8 Å². The van der Waals surface area contributed by atoms with Crippen LogP contribution in [-0.4, -0.2) is 43.7 Å². The van der Waals surface area contributed by atoms with E-state index >= 15 is 0 Å². The van der Waals surface area contributed by atoms with Gasteiger partial charge in [0.05, 0.1) is 26.9 Å². The van der Waals surface area contributed by atoms with Crippen molar-refractivity contribution in [3.63, 3.8) is 0 Å². The van der Waals surface area contributed by atoms with E-state index in [4.69, 9.17) is 18.4 Å². The Labute approximate surface area is 311 Å². The van der Waals surface area contributed by atoms with E-state index in [1.807, 2.05) is 19.1 Å². The van der Waals surface area contributed by atoms with Crippen molar-refractivity contribution in [1.29, 1.82) is 0 Å². The molecule has 48 heavy (non-hydrogen) atoms. The minimum atomic E-state index is -4.85. The first-order chi connectivity index (χ1) is 21.0. The zero-order valence-corrected chi connectivity index (χ0v) is 28.1. The summed E-state index contributed by atoms with van der Waals surface area (Å²) >= 11 is 0. The first-order valence-corrected chi connectivity index (χ1v) is 16.0. The van der Waals surface area contributed by atoms with E-state index in [9.17, 15) is 31.0 Å². The Morgan fingerprint density at radius 3 is 1.85 bits per heavy atom. The van der Waals surface area contributed by atoms with Gasteiger partial charge in [-0.15, -0.1) is 23.1 Å². The summed E-state index contributed by atoms with van der Waals surface area (Å²) in [6, 6.07) is 20.2. The molecule has 0 heterocycles. The number of phenols is 1. The molecule has 21 heteroatoms. The second-order valence-corrected chi connectivity index (χ2v) is 12.3. The van der Waals surface area contributed by atoms with Gasteiger partial charge in [-0.05, 0) is 43.3 Å². The summed E-state index contributed by atoms with van der Waals surface area (Å²) in [7, 11) is -12.8. The number of aryl methyl sites for hydroxylation is 1. The van der Waals surface area contributed by atoms with E-state index in [0.29, 0.717) is 16.8 Å². The number of benzene rings is 5. The minimum Gasteiger partial charge on any atom is -0.744 e. The van der Waals surface area contributed by atoms with Crippen LogP contribution in [0.1, 0.15) is 5.56 Å². The van der Waals surface area contributed by atoms with Crippen molar-refractivity contribution in [2.24, 2.45) is 20.5 Å². The number of nitrogens with zero attached hydrogens (tertiary/aromatic N) is 4. The van der Waals surface area contributed by atoms with Gasteiger partial charge in [-0.3, -0.25) is 0 Å². The van der Waals surface area contributed by atoms with Crippen LogP contribution in [0.4, 0.5) is 28.4 Å². The van der Waals surface area contributed by atoms with Gasteiger partial charge in [0.25, 0.3) is 0 Å². The summed E-state index contributed by atoms with van der Waals surface area (Å²) in [5.74, 6) is -0.441. The average molecular weight is 689 g/mol. The Hall–Kier alpha value is -3.35. The third-order valence-corrected chi connectivity index (χ3v) is 7.81. The SMILES string of the molecule is Cc1ccc(N=Nc2ccc(N=Nc3[c-]cc4cc(S(=O)(=O)[O-])c(N)cc4c3O)c3cc(S(=O)(=O)[O-])ccc23)cc1.O=S(=O)=O.[Li+].[Li+].[Li+]. The van der Waals surface area contributed by atoms with Crippen LogP contribution in [0.2, 0.25) is 0 Å². The average Bonchev–Trinajstić information content (AvgIpc) is 2.95. The van der Waals surface area contributed by atoms with Crippen LogP contribution < -0.4 is 62.3 Å². The van der Waals surface area contributed by atoms with E-state index in [1.54, 1.807) is 18.2 Å². The maximum absolute atomic E-state index is 11.7. The Kier molecular flexibility index (Phi) is 15.4. The van der Waals surface area contributed by atoms with Crippen LogP contribution >= 0.6 is 0 Å². The van der Waals surface area contributed by atoms with Gasteiger partial charge in [0.1, 0.15) is 20.2 Å². The molecule has 0 radical (unpaired) electrons. The predicted molar refractivity (Wildman–Crippen MR) is 158 cm³/mol. The van der Waals surface area contributed by atoms with Crippen molar-refractivity contribution in [2.75, 3.05) is 5.73 Å². The molecule has 0 spiro atoms. The van der Waals surface area contributed by atoms with Crippen molar-refractivity contribution >= 4 is 80.8 Å². The first-order valence-electron chi connectivity index (χ1n) is 12.2. The van der Waals surface area contributed by atoms with Gasteiger partial charge in [-0.1, -0.05) is 41.3 Å². The normalized spacial score (nSPS) is 11.3. The fraction of sp³-hybridized carbons (Fsp3) is 0.0370. The monoisotopic (exact) mass is 689 g/mol. The number of aromatic hydroxyl groups is 1. The van der Waals surface area contributed by atoms with E-state index in [2.05, 4.69) is 26.5 Å². The van der Waals surface area contributed by atoms with E-state index in [-0.39, 0.29) is 89.8 Å². The number of fused-ring (bicyclic) bond motifs is 2. The van der Waals surface area contributed by atoms with E-state index < -0.39 is 46.4 Å². The first kappa shape index (κ1) is 42.7. The molecule has 0 unspecified atom stereocenters. The predicted octanol–water partition coefficient (Wildman–Crippen LogP) is -3.96. The summed E-state index contributed by atoms with van der Waals surface area (Å²) in [6.07, 6.45) is 0. The summed E-state index contributed by atoms with van der Waals surface area (Å²) < 4.78 is 94.8. The van der Waals surface area contributed by atoms with Crippen LogP contribution in [0, 0.1) is 13.0 Å². The molecule has 0 saturated heterocycles. The molecule has 0 aromatic heterocycles. The Balaban J connectivity index is 0.00000156. The molecule has 5 aromatic carbocycles. The van der Waals surface area contributed by atoms with Crippen LogP contribution in [-0.2, 0) is 30.8 Å². The zero-order valence-electron chi connectivity index (χ0n) is 25.6. The number of nitrogens with two attached hydrogens (primary N) is 1. The smallest absolute Gasteiger partial charge is 0.744 e. The molecule has 0 aliphatic carbocycles. The molecule has 232 valence electrons. The topological polar surface area (TPSA) is 261 Å². The summed E-state index contributed by atoms with van der Waals surface area (Å²) in [4.78, 5) is -1.13. The molecular formula is C27H18Li3N5O10S3. The summed E-state index contributed by atoms with van der Waals surface area (Å²) in [6.45, 7) is 1.94. The van der Waals surface area contributed by atoms with Crippen molar-refractivity contribution in [1.82, 2.24) is 0 Å². The molecule has 3 N–H and O–H groups in total. The number of hydrogen-bond acceptors (Lipinski definition) is 15. The molecule has 5 aromatic rings. The van der Waals surface area contributed by atoms with Crippen molar-refractivity contribution in [3.8, 4) is 5.75 Å². The molecule has 0 amide bonds. The number of azo groups is 2. The second-order valence-electron chi connectivity index (χ2n) is 9.12. The van der Waals surface area contributed by atoms with Gasteiger partial charge in [-0.2, -0.15) is 27.5 Å². The van der Waals surface area contributed by atoms with Gasteiger partial charge in [0.15, 0.2) is 0 Å². The largest absolute Gasteiger partial charge is 1.00 e. The molecule has 0 fully saturated rings. The number of rotatable bonds is 6. The quantitative estimate of drug-likeness (QED) is 0.0571. The summed E-state index contributed by atoms with van der Waals surface area (Å²) in [5, 5.41) is 28.3. The van der Waals surface area contributed by atoms with Gasteiger partial charge >= 0.3 is 67.2 Å². The molecule has 15 nitrogen and oxygen atoms in total. The molecule has 0 saturated carbocycles. The number of hydrogen-bond donors (Lipinski definition) is 2. The standard InChI is InChI=1S/C27H20N5O7S2.3Li.O3S/c1-15-2-5-17(6-3-15)29-30-23-10-11-24(21-13-18(40(34,35)36)7-8-19(21)23)31-32-25-9-4-16-12-26(41(37,38)39)22(28)14-20(16)27(25)33;;;;1-4(2)3/h2-8,10-14,33H,28H2,1H3,(H,34,35,36)(H,37,38,39);;;;/q-1;3*+1;/p-2. The van der Waals surface area contributed by atoms with Crippen molar-refractivity contribution in [3.05, 3.63) is 84.4 Å². The van der Waals surface area contributed by atoms with Crippen LogP contribution in [0.25, 0.3) is 21.5 Å². The molecule has 0 aliphatic heterocycles. The maximum Gasteiger partial charge on any atom is 1.00 e. The molecule has 0 atom stereocenters. The molecule has 0 aliphatic rings. The number of nitrogen functional groups attached to an aromatic ring is 1. The summed E-state index contributed by atoms with van der Waals surface area (Å²) in [5.41, 5.74) is 7.34. The number of phenolic OH excluding ortho intramolecular Hbond substituents is 1. The fourth-order valence-electron chi connectivity index (χ4n) is 4.02. The Morgan fingerprint density at radius 2 is 1.29 bits per heavy atom. The van der Waals surface area contributed by atoms with Crippen LogP contribution in [0.15, 0.2) is 103 Å². The molecule has 5 rings (SSSR count). The Morgan fingerprint density at radius 1 is 0.729 bits per heavy atom. The molecule has 0 bridgehead atoms. The van der Waals surface area contributed by atoms with Crippen LogP contribution in [0.5, 0.6) is 5.75 Å². The fourth-order valence-corrected chi connectivity index (χ4v) is 5.14. The minimum absolute atomic E-state index is 0. The van der Waals surface area contributed by atoms with Crippen LogP contribution in [0.3, 0.4) is 0 Å². The third kappa shape index (κ3) is 10.6. The van der Waals surface area contributed by atoms with Crippen molar-refractivity contribution in [2.45, 2.75) is 16.7 Å². The second kappa shape index (κ2) is 17.4. The Bertz CT molecular complexity index is 2370.